The predicted molar refractivity (Wildman–Crippen MR) is 72.0 cm³/mol. The molecule has 0 aliphatic carbocycles. The quantitative estimate of drug-likeness (QED) is 0.799. The molecule has 0 aliphatic rings. The van der Waals surface area contributed by atoms with E-state index in [9.17, 15) is 9.50 Å². The minimum atomic E-state index is -0.772. The van der Waals surface area contributed by atoms with Gasteiger partial charge in [-0.2, -0.15) is 0 Å². The van der Waals surface area contributed by atoms with Crippen molar-refractivity contribution in [1.82, 2.24) is 0 Å². The molecule has 4 nitrogen and oxygen atoms in total. The van der Waals surface area contributed by atoms with E-state index in [1.165, 1.54) is 26.4 Å². The monoisotopic (exact) mass is 271 g/mol. The predicted octanol–water partition coefficient (Wildman–Crippen LogP) is 2.39. The van der Waals surface area contributed by atoms with Crippen LogP contribution < -0.4 is 15.2 Å². The van der Waals surface area contributed by atoms with Crippen LogP contribution >= 0.6 is 0 Å². The zero-order valence-electron chi connectivity index (χ0n) is 11.6. The number of nitrogens with two attached hydrogens (primary N) is 1. The van der Waals surface area contributed by atoms with Crippen molar-refractivity contribution in [2.75, 3.05) is 14.2 Å². The summed E-state index contributed by atoms with van der Waals surface area (Å²) in [5, 5.41) is 9.95. The summed E-state index contributed by atoms with van der Waals surface area (Å²) >= 11 is 0. The van der Waals surface area contributed by atoms with Crippen molar-refractivity contribution < 1.29 is 19.0 Å². The molecule has 1 aromatic carbocycles. The Balaban J connectivity index is 2.99. The maximum absolute atomic E-state index is 14.0. The molecule has 1 aromatic rings. The summed E-state index contributed by atoms with van der Waals surface area (Å²) in [6, 6.07) is 1.93. The number of methoxy groups -OCH3 is 2. The number of rotatable bonds is 7. The van der Waals surface area contributed by atoms with Gasteiger partial charge in [0, 0.05) is 11.6 Å². The Bertz CT molecular complexity index is 412. The molecule has 0 saturated carbocycles. The van der Waals surface area contributed by atoms with Crippen molar-refractivity contribution in [2.45, 2.75) is 38.3 Å². The van der Waals surface area contributed by atoms with Gasteiger partial charge in [-0.1, -0.05) is 19.8 Å². The first-order valence-electron chi connectivity index (χ1n) is 6.40. The topological polar surface area (TPSA) is 64.7 Å². The van der Waals surface area contributed by atoms with E-state index in [0.717, 1.165) is 12.8 Å². The summed E-state index contributed by atoms with van der Waals surface area (Å²) in [5.41, 5.74) is 6.15. The van der Waals surface area contributed by atoms with E-state index in [-0.39, 0.29) is 5.56 Å². The minimum Gasteiger partial charge on any atom is -0.493 e. The van der Waals surface area contributed by atoms with Crippen molar-refractivity contribution in [2.24, 2.45) is 5.73 Å². The van der Waals surface area contributed by atoms with Crippen LogP contribution in [0.15, 0.2) is 12.1 Å². The van der Waals surface area contributed by atoms with Crippen LogP contribution in [0.3, 0.4) is 0 Å². The van der Waals surface area contributed by atoms with E-state index >= 15 is 0 Å². The second-order valence-electron chi connectivity index (χ2n) is 4.46. The van der Waals surface area contributed by atoms with E-state index in [0.29, 0.717) is 17.9 Å². The Kier molecular flexibility index (Phi) is 6.05. The van der Waals surface area contributed by atoms with Gasteiger partial charge in [0.25, 0.3) is 0 Å². The molecule has 0 aromatic heterocycles. The molecule has 19 heavy (non-hydrogen) atoms. The summed E-state index contributed by atoms with van der Waals surface area (Å²) in [7, 11) is 2.91. The van der Waals surface area contributed by atoms with E-state index in [1.54, 1.807) is 0 Å². The summed E-state index contributed by atoms with van der Waals surface area (Å²) in [5.74, 6) is 0.205. The molecule has 0 bridgehead atoms. The molecule has 0 saturated heterocycles. The lowest BCUT2D eigenvalue weighted by Gasteiger charge is -2.21. The number of halogens is 1. The normalized spacial score (nSPS) is 14.0. The van der Waals surface area contributed by atoms with Gasteiger partial charge in [0.05, 0.1) is 26.4 Å². The van der Waals surface area contributed by atoms with Crippen LogP contribution in [0.5, 0.6) is 11.5 Å². The third kappa shape index (κ3) is 3.81. The summed E-state index contributed by atoms with van der Waals surface area (Å²) in [6.07, 6.45) is 1.58. The Hall–Kier alpha value is -1.33. The van der Waals surface area contributed by atoms with Gasteiger partial charge in [-0.3, -0.25) is 0 Å². The van der Waals surface area contributed by atoms with Crippen LogP contribution in [0.4, 0.5) is 4.39 Å². The number of hydrogen-bond acceptors (Lipinski definition) is 4. The van der Waals surface area contributed by atoms with Crippen molar-refractivity contribution in [3.05, 3.63) is 23.5 Å². The second kappa shape index (κ2) is 7.31. The standard InChI is InChI=1S/C14H22FNO3/c1-4-5-6-11(17)14(16)9-7-12(18-2)13(19-3)8-10(9)15/h7-8,11,14,17H,4-6,16H2,1-3H3/t11-,14+/m1/s1. The third-order valence-electron chi connectivity index (χ3n) is 3.13. The first-order valence-corrected chi connectivity index (χ1v) is 6.40. The second-order valence-corrected chi connectivity index (χ2v) is 4.46. The highest BCUT2D eigenvalue weighted by atomic mass is 19.1. The summed E-state index contributed by atoms with van der Waals surface area (Å²) in [6.45, 7) is 2.02. The van der Waals surface area contributed by atoms with Crippen molar-refractivity contribution in [3.63, 3.8) is 0 Å². The number of unbranched alkanes of at least 4 members (excludes halogenated alkanes) is 1. The number of hydrogen-bond donors (Lipinski definition) is 2. The maximum Gasteiger partial charge on any atom is 0.163 e. The van der Waals surface area contributed by atoms with Crippen molar-refractivity contribution in [1.29, 1.82) is 0 Å². The average Bonchev–Trinajstić information content (AvgIpc) is 2.43. The highest BCUT2D eigenvalue weighted by Crippen LogP contribution is 2.33. The molecule has 2 atom stereocenters. The molecule has 1 rings (SSSR count). The zero-order valence-corrected chi connectivity index (χ0v) is 11.6. The first kappa shape index (κ1) is 15.7. The van der Waals surface area contributed by atoms with E-state index in [4.69, 9.17) is 15.2 Å². The molecule has 0 fully saturated rings. The summed E-state index contributed by atoms with van der Waals surface area (Å²) < 4.78 is 24.1. The molecule has 0 amide bonds. The van der Waals surface area contributed by atoms with E-state index < -0.39 is 18.0 Å². The van der Waals surface area contributed by atoms with Gasteiger partial charge in [0.1, 0.15) is 5.82 Å². The average molecular weight is 271 g/mol. The lowest BCUT2D eigenvalue weighted by atomic mass is 9.97. The number of aliphatic hydroxyl groups excluding tert-OH is 1. The van der Waals surface area contributed by atoms with Crippen molar-refractivity contribution >= 4 is 0 Å². The Morgan fingerprint density at radius 3 is 2.37 bits per heavy atom. The molecule has 3 N–H and O–H groups in total. The fourth-order valence-electron chi connectivity index (χ4n) is 1.93. The van der Waals surface area contributed by atoms with E-state index in [1.807, 2.05) is 6.92 Å². The lowest BCUT2D eigenvalue weighted by molar-refractivity contribution is 0.131. The summed E-state index contributed by atoms with van der Waals surface area (Å²) in [4.78, 5) is 0. The van der Waals surface area contributed by atoms with E-state index in [2.05, 4.69) is 0 Å². The fourth-order valence-corrected chi connectivity index (χ4v) is 1.93. The minimum absolute atomic E-state index is 0.237. The first-order chi connectivity index (χ1) is 9.04. The number of benzene rings is 1. The molecule has 5 heteroatoms. The molecule has 108 valence electrons. The van der Waals surface area contributed by atoms with Gasteiger partial charge < -0.3 is 20.3 Å². The Labute approximate surface area is 113 Å². The number of aliphatic hydroxyl groups is 1. The highest BCUT2D eigenvalue weighted by Gasteiger charge is 2.22. The molecular formula is C14H22FNO3. The van der Waals surface area contributed by atoms with Crippen LogP contribution in [0.2, 0.25) is 0 Å². The number of ether oxygens (including phenoxy) is 2. The van der Waals surface area contributed by atoms with Gasteiger partial charge in [-0.25, -0.2) is 4.39 Å². The van der Waals surface area contributed by atoms with Gasteiger partial charge in [0.15, 0.2) is 11.5 Å². The smallest absolute Gasteiger partial charge is 0.163 e. The molecule has 0 spiro atoms. The van der Waals surface area contributed by atoms with Crippen LogP contribution in [0, 0.1) is 5.82 Å². The van der Waals surface area contributed by atoms with Crippen LogP contribution in [0.25, 0.3) is 0 Å². The van der Waals surface area contributed by atoms with Crippen LogP contribution in [-0.4, -0.2) is 25.4 Å². The highest BCUT2D eigenvalue weighted by molar-refractivity contribution is 5.44. The zero-order chi connectivity index (χ0) is 14.4. The maximum atomic E-state index is 14.0. The van der Waals surface area contributed by atoms with Gasteiger partial charge in [-0.05, 0) is 12.5 Å². The molecule has 0 aliphatic heterocycles. The third-order valence-corrected chi connectivity index (χ3v) is 3.13. The molecule has 0 unspecified atom stereocenters. The van der Waals surface area contributed by atoms with Crippen molar-refractivity contribution in [3.8, 4) is 11.5 Å². The lowest BCUT2D eigenvalue weighted by Crippen LogP contribution is -2.27. The largest absolute Gasteiger partial charge is 0.493 e. The van der Waals surface area contributed by atoms with Crippen LogP contribution in [0.1, 0.15) is 37.8 Å². The molecule has 0 radical (unpaired) electrons. The van der Waals surface area contributed by atoms with Gasteiger partial charge >= 0.3 is 0 Å². The van der Waals surface area contributed by atoms with Gasteiger partial charge in [0.2, 0.25) is 0 Å². The Morgan fingerprint density at radius 1 is 1.26 bits per heavy atom. The Morgan fingerprint density at radius 2 is 1.84 bits per heavy atom. The SMILES string of the molecule is CCCC[C@@H](O)[C@@H](N)c1cc(OC)c(OC)cc1F. The fraction of sp³-hybridized carbons (Fsp3) is 0.571. The molecular weight excluding hydrogens is 249 g/mol. The van der Waals surface area contributed by atoms with Gasteiger partial charge in [-0.15, -0.1) is 0 Å². The van der Waals surface area contributed by atoms with Crippen LogP contribution in [-0.2, 0) is 0 Å². The molecule has 0 heterocycles.